The maximum Gasteiger partial charge on any atom is 0.339 e. The third kappa shape index (κ3) is 3.57. The van der Waals surface area contributed by atoms with E-state index < -0.39 is 17.5 Å². The standard InChI is InChI=1S/C12H13BrO3S/c1-12(2,3)16-11(15)7-4-5-9(17)8(6-14)10(7)13/h4-6,8H,1-3H3. The highest BCUT2D eigenvalue weighted by molar-refractivity contribution is 9.11. The highest BCUT2D eigenvalue weighted by Gasteiger charge is 2.28. The molecule has 1 rings (SSSR count). The lowest BCUT2D eigenvalue weighted by Crippen LogP contribution is -2.27. The lowest BCUT2D eigenvalue weighted by Gasteiger charge is -2.22. The normalized spacial score (nSPS) is 20.5. The number of hydrogen-bond acceptors (Lipinski definition) is 4. The maximum absolute atomic E-state index is 11.9. The van der Waals surface area contributed by atoms with Crippen LogP contribution in [0.2, 0.25) is 0 Å². The van der Waals surface area contributed by atoms with Gasteiger partial charge in [0.2, 0.25) is 0 Å². The number of hydrogen-bond donors (Lipinski definition) is 0. The summed E-state index contributed by atoms with van der Waals surface area (Å²) in [6.45, 7) is 5.36. The molecule has 0 N–H and O–H groups in total. The smallest absolute Gasteiger partial charge is 0.339 e. The Bertz CT molecular complexity index is 430. The van der Waals surface area contributed by atoms with E-state index in [1.807, 2.05) is 0 Å². The summed E-state index contributed by atoms with van der Waals surface area (Å²) in [5.74, 6) is -1.03. The van der Waals surface area contributed by atoms with Crippen molar-refractivity contribution in [2.24, 2.45) is 5.92 Å². The lowest BCUT2D eigenvalue weighted by molar-refractivity contribution is -0.149. The molecule has 0 saturated heterocycles. The van der Waals surface area contributed by atoms with E-state index in [0.717, 1.165) is 0 Å². The molecule has 17 heavy (non-hydrogen) atoms. The lowest BCUT2D eigenvalue weighted by atomic mass is 9.97. The number of halogens is 1. The van der Waals surface area contributed by atoms with E-state index in [0.29, 0.717) is 21.2 Å². The minimum Gasteiger partial charge on any atom is -0.456 e. The first kappa shape index (κ1) is 14.3. The van der Waals surface area contributed by atoms with Gasteiger partial charge in [-0.1, -0.05) is 28.1 Å². The first-order valence-electron chi connectivity index (χ1n) is 5.06. The third-order valence-corrected chi connectivity index (χ3v) is 3.32. The molecule has 0 aromatic heterocycles. The molecular weight excluding hydrogens is 304 g/mol. The van der Waals surface area contributed by atoms with Gasteiger partial charge in [0, 0.05) is 9.35 Å². The number of carbonyl (C=O) groups excluding carboxylic acids is 2. The van der Waals surface area contributed by atoms with Crippen molar-refractivity contribution in [3.8, 4) is 0 Å². The van der Waals surface area contributed by atoms with Crippen LogP contribution in [0.5, 0.6) is 0 Å². The molecule has 0 spiro atoms. The Kier molecular flexibility index (Phi) is 4.38. The Labute approximate surface area is 114 Å². The summed E-state index contributed by atoms with van der Waals surface area (Å²) in [7, 11) is 0. The fourth-order valence-electron chi connectivity index (χ4n) is 1.27. The summed E-state index contributed by atoms with van der Waals surface area (Å²) in [6, 6.07) is 0. The van der Waals surface area contributed by atoms with Crippen LogP contribution in [0, 0.1) is 5.92 Å². The Morgan fingerprint density at radius 1 is 1.47 bits per heavy atom. The average Bonchev–Trinajstić information content (AvgIpc) is 2.15. The second-order valence-corrected chi connectivity index (χ2v) is 5.94. The average molecular weight is 317 g/mol. The molecule has 1 unspecified atom stereocenters. The van der Waals surface area contributed by atoms with Crippen LogP contribution in [0.1, 0.15) is 20.8 Å². The molecule has 0 saturated carbocycles. The molecule has 1 aliphatic carbocycles. The summed E-state index contributed by atoms with van der Waals surface area (Å²) in [5, 5.41) is 0. The first-order chi connectivity index (χ1) is 7.76. The Hall–Kier alpha value is -0.810. The zero-order valence-corrected chi connectivity index (χ0v) is 12.2. The molecule has 1 aliphatic rings. The molecule has 0 aliphatic heterocycles. The van der Waals surface area contributed by atoms with Gasteiger partial charge in [0.05, 0.1) is 11.5 Å². The molecule has 1 atom stereocenters. The van der Waals surface area contributed by atoms with Gasteiger partial charge in [0.15, 0.2) is 0 Å². The van der Waals surface area contributed by atoms with Gasteiger partial charge in [-0.15, -0.1) is 0 Å². The number of rotatable bonds is 2. The van der Waals surface area contributed by atoms with Crippen molar-refractivity contribution in [3.05, 3.63) is 22.2 Å². The minimum atomic E-state index is -0.572. The number of thiocarbonyl (C=S) groups is 1. The van der Waals surface area contributed by atoms with Crippen molar-refractivity contribution in [1.29, 1.82) is 0 Å². The molecule has 0 heterocycles. The monoisotopic (exact) mass is 316 g/mol. The molecule has 92 valence electrons. The van der Waals surface area contributed by atoms with Crippen LogP contribution in [0.4, 0.5) is 0 Å². The quantitative estimate of drug-likeness (QED) is 0.446. The minimum absolute atomic E-state index is 0.339. The van der Waals surface area contributed by atoms with Gasteiger partial charge in [-0.2, -0.15) is 0 Å². The van der Waals surface area contributed by atoms with Crippen LogP contribution in [-0.4, -0.2) is 22.7 Å². The van der Waals surface area contributed by atoms with Gasteiger partial charge in [-0.25, -0.2) is 4.79 Å². The Balaban J connectivity index is 3.01. The van der Waals surface area contributed by atoms with E-state index in [9.17, 15) is 9.59 Å². The van der Waals surface area contributed by atoms with Crippen LogP contribution in [0.15, 0.2) is 22.2 Å². The van der Waals surface area contributed by atoms with Crippen molar-refractivity contribution in [3.63, 3.8) is 0 Å². The SMILES string of the molecule is CC(C)(C)OC(=O)C1=C(Br)C(C=O)C(=S)C=C1. The van der Waals surface area contributed by atoms with E-state index in [-0.39, 0.29) is 0 Å². The van der Waals surface area contributed by atoms with Gasteiger partial charge in [-0.3, -0.25) is 0 Å². The van der Waals surface area contributed by atoms with Crippen LogP contribution < -0.4 is 0 Å². The van der Waals surface area contributed by atoms with E-state index in [4.69, 9.17) is 17.0 Å². The van der Waals surface area contributed by atoms with Crippen molar-refractivity contribution in [2.75, 3.05) is 0 Å². The van der Waals surface area contributed by atoms with E-state index in [1.54, 1.807) is 32.9 Å². The van der Waals surface area contributed by atoms with Crippen molar-refractivity contribution in [1.82, 2.24) is 0 Å². The first-order valence-corrected chi connectivity index (χ1v) is 6.26. The van der Waals surface area contributed by atoms with E-state index in [1.165, 1.54) is 0 Å². The predicted octanol–water partition coefficient (Wildman–Crippen LogP) is 2.73. The third-order valence-electron chi connectivity index (χ3n) is 2.01. The van der Waals surface area contributed by atoms with Crippen molar-refractivity contribution in [2.45, 2.75) is 26.4 Å². The molecule has 0 bridgehead atoms. The molecular formula is C12H13BrO3S. The summed E-state index contributed by atoms with van der Waals surface area (Å²) < 4.78 is 5.71. The Morgan fingerprint density at radius 3 is 2.53 bits per heavy atom. The van der Waals surface area contributed by atoms with Gasteiger partial charge in [-0.05, 0) is 32.9 Å². The van der Waals surface area contributed by atoms with Gasteiger partial charge >= 0.3 is 5.97 Å². The number of ether oxygens (including phenoxy) is 1. The maximum atomic E-state index is 11.9. The second-order valence-electron chi connectivity index (χ2n) is 4.61. The molecule has 3 nitrogen and oxygen atoms in total. The van der Waals surface area contributed by atoms with E-state index >= 15 is 0 Å². The zero-order chi connectivity index (χ0) is 13.2. The molecule has 5 heteroatoms. The van der Waals surface area contributed by atoms with Gasteiger partial charge in [0.1, 0.15) is 11.9 Å². The number of allylic oxidation sites excluding steroid dienone is 2. The predicted molar refractivity (Wildman–Crippen MR) is 73.1 cm³/mol. The number of carbonyl (C=O) groups is 2. The number of esters is 1. The highest BCUT2D eigenvalue weighted by atomic mass is 79.9. The van der Waals surface area contributed by atoms with Crippen LogP contribution in [-0.2, 0) is 14.3 Å². The van der Waals surface area contributed by atoms with Crippen molar-refractivity contribution < 1.29 is 14.3 Å². The highest BCUT2D eigenvalue weighted by Crippen LogP contribution is 2.29. The van der Waals surface area contributed by atoms with Crippen LogP contribution in [0.25, 0.3) is 0 Å². The Morgan fingerprint density at radius 2 is 2.06 bits per heavy atom. The molecule has 0 radical (unpaired) electrons. The molecule has 0 fully saturated rings. The second kappa shape index (κ2) is 5.23. The van der Waals surface area contributed by atoms with Crippen LogP contribution >= 0.6 is 28.1 Å². The fraction of sp³-hybridized carbons (Fsp3) is 0.417. The van der Waals surface area contributed by atoms with Gasteiger partial charge in [0.25, 0.3) is 0 Å². The van der Waals surface area contributed by atoms with Crippen LogP contribution in [0.3, 0.4) is 0 Å². The topological polar surface area (TPSA) is 43.4 Å². The summed E-state index contributed by atoms with van der Waals surface area (Å²) in [5.41, 5.74) is -0.231. The van der Waals surface area contributed by atoms with Gasteiger partial charge < -0.3 is 9.53 Å². The zero-order valence-electron chi connectivity index (χ0n) is 9.82. The molecule has 0 amide bonds. The molecule has 0 aromatic rings. The number of aldehydes is 1. The summed E-state index contributed by atoms with van der Waals surface area (Å²) >= 11 is 8.26. The van der Waals surface area contributed by atoms with Crippen molar-refractivity contribution >= 4 is 45.3 Å². The van der Waals surface area contributed by atoms with E-state index in [2.05, 4.69) is 15.9 Å². The fourth-order valence-corrected chi connectivity index (χ4v) is 2.31. The molecule has 0 aromatic carbocycles. The summed E-state index contributed by atoms with van der Waals surface area (Å²) in [6.07, 6.45) is 3.86. The summed E-state index contributed by atoms with van der Waals surface area (Å²) in [4.78, 5) is 23.3. The largest absolute Gasteiger partial charge is 0.456 e.